The zero-order chi connectivity index (χ0) is 10.7. The van der Waals surface area contributed by atoms with Crippen LogP contribution >= 0.6 is 45.2 Å². The van der Waals surface area contributed by atoms with Gasteiger partial charge in [0.25, 0.3) is 0 Å². The normalized spacial score (nSPS) is 9.93. The number of aromatic hydroxyl groups is 1. The first-order chi connectivity index (χ1) is 6.56. The molecule has 5 heteroatoms. The zero-order valence-electron chi connectivity index (χ0n) is 7.38. The van der Waals surface area contributed by atoms with Crippen molar-refractivity contribution in [3.05, 3.63) is 24.8 Å². The predicted octanol–water partition coefficient (Wildman–Crippen LogP) is 2.78. The maximum absolute atomic E-state index is 11.3. The van der Waals surface area contributed by atoms with E-state index in [1.807, 2.05) is 22.6 Å². The SMILES string of the molecule is CCOC(=O)c1cc(O)c(I)c(I)c1. The van der Waals surface area contributed by atoms with Crippen molar-refractivity contribution in [3.8, 4) is 5.75 Å². The van der Waals surface area contributed by atoms with E-state index in [-0.39, 0.29) is 5.75 Å². The van der Waals surface area contributed by atoms with E-state index in [1.165, 1.54) is 6.07 Å². The first-order valence-corrected chi connectivity index (χ1v) is 6.07. The first kappa shape index (κ1) is 12.0. The van der Waals surface area contributed by atoms with Gasteiger partial charge in [-0.2, -0.15) is 0 Å². The van der Waals surface area contributed by atoms with Crippen LogP contribution in [0.2, 0.25) is 0 Å². The molecule has 0 aliphatic rings. The fourth-order valence-corrected chi connectivity index (χ4v) is 1.83. The van der Waals surface area contributed by atoms with Crippen LogP contribution in [0.3, 0.4) is 0 Å². The molecule has 1 rings (SSSR count). The Morgan fingerprint density at radius 2 is 2.14 bits per heavy atom. The standard InChI is InChI=1S/C9H8I2O3/c1-2-14-9(13)5-3-6(10)8(11)7(12)4-5/h3-4,12H,2H2,1H3. The molecule has 0 heterocycles. The van der Waals surface area contributed by atoms with Gasteiger partial charge in [-0.25, -0.2) is 4.79 Å². The highest BCUT2D eigenvalue weighted by atomic mass is 127. The van der Waals surface area contributed by atoms with Crippen LogP contribution in [0, 0.1) is 7.14 Å². The average Bonchev–Trinajstić information content (AvgIpc) is 2.13. The Kier molecular flexibility index (Phi) is 4.42. The van der Waals surface area contributed by atoms with Crippen LogP contribution in [-0.2, 0) is 4.74 Å². The molecule has 0 saturated heterocycles. The number of benzene rings is 1. The highest BCUT2D eigenvalue weighted by Gasteiger charge is 2.11. The lowest BCUT2D eigenvalue weighted by atomic mass is 10.2. The number of carbonyl (C=O) groups excluding carboxylic acids is 1. The Morgan fingerprint density at radius 1 is 1.50 bits per heavy atom. The molecule has 0 unspecified atom stereocenters. The van der Waals surface area contributed by atoms with Crippen LogP contribution < -0.4 is 0 Å². The summed E-state index contributed by atoms with van der Waals surface area (Å²) in [6, 6.07) is 3.11. The minimum absolute atomic E-state index is 0.112. The minimum atomic E-state index is -0.405. The minimum Gasteiger partial charge on any atom is -0.507 e. The van der Waals surface area contributed by atoms with Crippen molar-refractivity contribution in [1.82, 2.24) is 0 Å². The summed E-state index contributed by atoms with van der Waals surface area (Å²) in [4.78, 5) is 11.3. The van der Waals surface area contributed by atoms with Gasteiger partial charge in [-0.1, -0.05) is 0 Å². The average molecular weight is 418 g/mol. The predicted molar refractivity (Wildman–Crippen MR) is 69.5 cm³/mol. The van der Waals surface area contributed by atoms with Gasteiger partial charge < -0.3 is 9.84 Å². The lowest BCUT2D eigenvalue weighted by Crippen LogP contribution is -2.05. The van der Waals surface area contributed by atoms with Gasteiger partial charge in [-0.3, -0.25) is 0 Å². The monoisotopic (exact) mass is 418 g/mol. The summed E-state index contributed by atoms with van der Waals surface area (Å²) in [6.07, 6.45) is 0. The molecule has 0 amide bonds. The number of hydrogen-bond donors (Lipinski definition) is 1. The summed E-state index contributed by atoms with van der Waals surface area (Å²) in [5, 5.41) is 9.48. The second-order valence-corrected chi connectivity index (χ2v) is 4.75. The van der Waals surface area contributed by atoms with Gasteiger partial charge in [0.2, 0.25) is 0 Å². The van der Waals surface area contributed by atoms with Crippen molar-refractivity contribution >= 4 is 51.2 Å². The Balaban J connectivity index is 3.06. The Hall–Kier alpha value is -0.0500. The molecular weight excluding hydrogens is 410 g/mol. The number of phenolic OH excluding ortho intramolecular Hbond substituents is 1. The first-order valence-electron chi connectivity index (χ1n) is 3.91. The van der Waals surface area contributed by atoms with Crippen molar-refractivity contribution in [3.63, 3.8) is 0 Å². The Morgan fingerprint density at radius 3 is 2.64 bits per heavy atom. The third kappa shape index (κ3) is 2.72. The molecule has 1 aromatic rings. The number of phenols is 1. The molecular formula is C9H8I2O3. The third-order valence-corrected chi connectivity index (χ3v) is 4.54. The number of halogens is 2. The summed E-state index contributed by atoms with van der Waals surface area (Å²) in [5.74, 6) is -0.294. The molecule has 0 radical (unpaired) electrons. The smallest absolute Gasteiger partial charge is 0.338 e. The van der Waals surface area contributed by atoms with Crippen LogP contribution in [0.4, 0.5) is 0 Å². The van der Waals surface area contributed by atoms with E-state index in [2.05, 4.69) is 22.6 Å². The summed E-state index contributed by atoms with van der Waals surface area (Å²) >= 11 is 4.08. The zero-order valence-corrected chi connectivity index (χ0v) is 11.7. The number of rotatable bonds is 2. The largest absolute Gasteiger partial charge is 0.507 e. The van der Waals surface area contributed by atoms with E-state index in [0.29, 0.717) is 12.2 Å². The quantitative estimate of drug-likeness (QED) is 0.594. The van der Waals surface area contributed by atoms with Gasteiger partial charge in [0.05, 0.1) is 15.7 Å². The number of carbonyl (C=O) groups is 1. The molecule has 3 nitrogen and oxygen atoms in total. The molecule has 76 valence electrons. The third-order valence-electron chi connectivity index (χ3n) is 1.52. The van der Waals surface area contributed by atoms with Crippen molar-refractivity contribution < 1.29 is 14.6 Å². The van der Waals surface area contributed by atoms with Crippen molar-refractivity contribution in [2.24, 2.45) is 0 Å². The molecule has 14 heavy (non-hydrogen) atoms. The van der Waals surface area contributed by atoms with E-state index < -0.39 is 5.97 Å². The van der Waals surface area contributed by atoms with Gasteiger partial charge in [0, 0.05) is 3.57 Å². The topological polar surface area (TPSA) is 46.5 Å². The van der Waals surface area contributed by atoms with E-state index >= 15 is 0 Å². The van der Waals surface area contributed by atoms with E-state index in [1.54, 1.807) is 13.0 Å². The van der Waals surface area contributed by atoms with Gasteiger partial charge in [0.1, 0.15) is 5.75 Å². The summed E-state index contributed by atoms with van der Waals surface area (Å²) < 4.78 is 6.41. The van der Waals surface area contributed by atoms with E-state index in [9.17, 15) is 9.90 Å². The molecule has 0 aliphatic carbocycles. The fourth-order valence-electron chi connectivity index (χ4n) is 0.907. The van der Waals surface area contributed by atoms with Gasteiger partial charge in [0.15, 0.2) is 0 Å². The van der Waals surface area contributed by atoms with Crippen molar-refractivity contribution in [2.75, 3.05) is 6.61 Å². The second kappa shape index (κ2) is 5.15. The molecule has 0 aromatic heterocycles. The van der Waals surface area contributed by atoms with Gasteiger partial charge in [-0.15, -0.1) is 0 Å². The second-order valence-electron chi connectivity index (χ2n) is 2.51. The lowest BCUT2D eigenvalue weighted by molar-refractivity contribution is 0.0526. The maximum Gasteiger partial charge on any atom is 0.338 e. The molecule has 0 saturated carbocycles. The van der Waals surface area contributed by atoms with Gasteiger partial charge >= 0.3 is 5.97 Å². The van der Waals surface area contributed by atoms with E-state index in [0.717, 1.165) is 7.14 Å². The van der Waals surface area contributed by atoms with Crippen LogP contribution in [-0.4, -0.2) is 17.7 Å². The molecule has 0 spiro atoms. The van der Waals surface area contributed by atoms with Crippen LogP contribution in [0.25, 0.3) is 0 Å². The molecule has 0 atom stereocenters. The lowest BCUT2D eigenvalue weighted by Gasteiger charge is -2.05. The van der Waals surface area contributed by atoms with Crippen LogP contribution in [0.15, 0.2) is 12.1 Å². The van der Waals surface area contributed by atoms with Crippen LogP contribution in [0.1, 0.15) is 17.3 Å². The highest BCUT2D eigenvalue weighted by molar-refractivity contribution is 14.1. The Bertz CT molecular complexity index is 340. The number of ether oxygens (including phenoxy) is 1. The highest BCUT2D eigenvalue weighted by Crippen LogP contribution is 2.26. The van der Waals surface area contributed by atoms with Crippen molar-refractivity contribution in [2.45, 2.75) is 6.92 Å². The van der Waals surface area contributed by atoms with E-state index in [4.69, 9.17) is 4.74 Å². The summed E-state index contributed by atoms with van der Waals surface area (Å²) in [7, 11) is 0. The molecule has 1 aromatic carbocycles. The molecule has 0 bridgehead atoms. The number of esters is 1. The maximum atomic E-state index is 11.3. The summed E-state index contributed by atoms with van der Waals surface area (Å²) in [6.45, 7) is 2.08. The summed E-state index contributed by atoms with van der Waals surface area (Å²) in [5.41, 5.74) is 0.383. The van der Waals surface area contributed by atoms with Crippen LogP contribution in [0.5, 0.6) is 5.75 Å². The van der Waals surface area contributed by atoms with Gasteiger partial charge in [-0.05, 0) is 64.2 Å². The fraction of sp³-hybridized carbons (Fsp3) is 0.222. The van der Waals surface area contributed by atoms with Crippen molar-refractivity contribution in [1.29, 1.82) is 0 Å². The Labute approximate surface area is 109 Å². The molecule has 0 aliphatic heterocycles. The number of hydrogen-bond acceptors (Lipinski definition) is 3. The molecule has 1 N–H and O–H groups in total. The molecule has 0 fully saturated rings.